The first-order chi connectivity index (χ1) is 13.5. The third-order valence-electron chi connectivity index (χ3n) is 4.46. The van der Waals surface area contributed by atoms with Gasteiger partial charge in [-0.2, -0.15) is 0 Å². The number of nitrogens with one attached hydrogen (secondary N) is 2. The fourth-order valence-corrected chi connectivity index (χ4v) is 2.84. The van der Waals surface area contributed by atoms with Crippen LogP contribution in [-0.2, 0) is 6.54 Å². The normalized spacial score (nSPS) is 10.4. The number of hydrogen-bond acceptors (Lipinski definition) is 5. The smallest absolute Gasteiger partial charge is 0.259 e. The van der Waals surface area contributed by atoms with E-state index in [4.69, 9.17) is 4.74 Å². The van der Waals surface area contributed by atoms with Crippen LogP contribution in [0.4, 0.5) is 11.6 Å². The number of benzene rings is 2. The topological polar surface area (TPSA) is 76.1 Å². The van der Waals surface area contributed by atoms with Crippen molar-refractivity contribution in [3.8, 4) is 5.75 Å². The minimum Gasteiger partial charge on any atom is -0.497 e. The van der Waals surface area contributed by atoms with E-state index in [9.17, 15) is 4.79 Å². The van der Waals surface area contributed by atoms with E-state index in [1.165, 1.54) is 0 Å². The van der Waals surface area contributed by atoms with E-state index in [0.29, 0.717) is 23.8 Å². The number of carbonyl (C=O) groups excluding carboxylic acids is 1. The predicted octanol–water partition coefficient (Wildman–Crippen LogP) is 4.27. The van der Waals surface area contributed by atoms with Crippen molar-refractivity contribution in [1.29, 1.82) is 0 Å². The van der Waals surface area contributed by atoms with Crippen LogP contribution in [0.15, 0.2) is 48.7 Å². The summed E-state index contributed by atoms with van der Waals surface area (Å²) in [7, 11) is 1.64. The maximum atomic E-state index is 12.6. The van der Waals surface area contributed by atoms with Gasteiger partial charge in [-0.25, -0.2) is 9.97 Å². The van der Waals surface area contributed by atoms with Gasteiger partial charge in [-0.3, -0.25) is 4.79 Å². The number of methoxy groups -OCH3 is 1. The van der Waals surface area contributed by atoms with Gasteiger partial charge < -0.3 is 15.4 Å². The highest BCUT2D eigenvalue weighted by atomic mass is 16.5. The minimum absolute atomic E-state index is 0.217. The van der Waals surface area contributed by atoms with Crippen LogP contribution in [0.5, 0.6) is 5.75 Å². The summed E-state index contributed by atoms with van der Waals surface area (Å²) in [6.07, 6.45) is 1.55. The van der Waals surface area contributed by atoms with Crippen LogP contribution < -0.4 is 15.4 Å². The summed E-state index contributed by atoms with van der Waals surface area (Å²) in [5.41, 5.74) is 5.12. The highest BCUT2D eigenvalue weighted by Gasteiger charge is 2.13. The Morgan fingerprint density at radius 1 is 1.07 bits per heavy atom. The molecule has 0 aliphatic heterocycles. The van der Waals surface area contributed by atoms with E-state index in [1.807, 2.05) is 56.3 Å². The minimum atomic E-state index is -0.217. The molecule has 0 saturated heterocycles. The monoisotopic (exact) mass is 376 g/mol. The SMILES string of the molecule is COc1ccc(CNc2ncc(C(=O)Nc3ccc(C)cc3C)c(C)n2)cc1. The number of amides is 1. The van der Waals surface area contributed by atoms with Gasteiger partial charge in [-0.15, -0.1) is 0 Å². The molecular formula is C22H24N4O2. The number of ether oxygens (including phenoxy) is 1. The van der Waals surface area contributed by atoms with Crippen molar-refractivity contribution in [3.05, 3.63) is 76.6 Å². The quantitative estimate of drug-likeness (QED) is 0.672. The van der Waals surface area contributed by atoms with Crippen molar-refractivity contribution < 1.29 is 9.53 Å². The number of carbonyl (C=O) groups is 1. The van der Waals surface area contributed by atoms with E-state index in [-0.39, 0.29) is 5.91 Å². The lowest BCUT2D eigenvalue weighted by atomic mass is 10.1. The van der Waals surface area contributed by atoms with Gasteiger partial charge in [0.2, 0.25) is 5.95 Å². The van der Waals surface area contributed by atoms with Crippen LogP contribution in [0.2, 0.25) is 0 Å². The third-order valence-corrected chi connectivity index (χ3v) is 4.46. The molecule has 0 atom stereocenters. The van der Waals surface area contributed by atoms with Crippen molar-refractivity contribution in [1.82, 2.24) is 9.97 Å². The Bertz CT molecular complexity index is 984. The van der Waals surface area contributed by atoms with Gasteiger partial charge in [0.15, 0.2) is 0 Å². The van der Waals surface area contributed by atoms with E-state index in [2.05, 4.69) is 20.6 Å². The average molecular weight is 376 g/mol. The molecule has 3 rings (SSSR count). The summed E-state index contributed by atoms with van der Waals surface area (Å²) in [4.78, 5) is 21.3. The molecule has 0 unspecified atom stereocenters. The number of aromatic nitrogens is 2. The van der Waals surface area contributed by atoms with E-state index < -0.39 is 0 Å². The second-order valence-corrected chi connectivity index (χ2v) is 6.67. The summed E-state index contributed by atoms with van der Waals surface area (Å²) >= 11 is 0. The van der Waals surface area contributed by atoms with Crippen LogP contribution in [0.1, 0.15) is 32.7 Å². The lowest BCUT2D eigenvalue weighted by molar-refractivity contribution is 0.102. The molecule has 0 aliphatic rings. The molecule has 2 N–H and O–H groups in total. The molecule has 0 spiro atoms. The molecule has 1 heterocycles. The summed E-state index contributed by atoms with van der Waals surface area (Å²) < 4.78 is 5.16. The lowest BCUT2D eigenvalue weighted by Gasteiger charge is -2.11. The van der Waals surface area contributed by atoms with Crippen molar-refractivity contribution in [2.45, 2.75) is 27.3 Å². The van der Waals surface area contributed by atoms with Crippen molar-refractivity contribution >= 4 is 17.5 Å². The number of anilines is 2. The lowest BCUT2D eigenvalue weighted by Crippen LogP contribution is -2.16. The van der Waals surface area contributed by atoms with E-state index in [0.717, 1.165) is 28.1 Å². The zero-order chi connectivity index (χ0) is 20.1. The molecule has 144 valence electrons. The summed E-state index contributed by atoms with van der Waals surface area (Å²) in [6.45, 7) is 6.38. The van der Waals surface area contributed by atoms with Crippen LogP contribution in [0.3, 0.4) is 0 Å². The van der Waals surface area contributed by atoms with Gasteiger partial charge in [0.05, 0.1) is 18.4 Å². The standard InChI is InChI=1S/C22H24N4O2/c1-14-5-10-20(15(2)11-14)26-21(27)19-13-24-22(25-16(19)3)23-12-17-6-8-18(28-4)9-7-17/h5-11,13H,12H2,1-4H3,(H,26,27)(H,23,24,25). The van der Waals surface area contributed by atoms with Gasteiger partial charge >= 0.3 is 0 Å². The number of nitrogens with zero attached hydrogens (tertiary/aromatic N) is 2. The first-order valence-electron chi connectivity index (χ1n) is 9.05. The molecule has 1 amide bonds. The maximum Gasteiger partial charge on any atom is 0.259 e. The van der Waals surface area contributed by atoms with Gasteiger partial charge in [-0.1, -0.05) is 29.8 Å². The van der Waals surface area contributed by atoms with Gasteiger partial charge in [0.25, 0.3) is 5.91 Å². The molecular weight excluding hydrogens is 352 g/mol. The summed E-state index contributed by atoms with van der Waals surface area (Å²) in [6, 6.07) is 13.7. The highest BCUT2D eigenvalue weighted by Crippen LogP contribution is 2.18. The Hall–Kier alpha value is -3.41. The van der Waals surface area contributed by atoms with Crippen LogP contribution in [0.25, 0.3) is 0 Å². The van der Waals surface area contributed by atoms with Crippen LogP contribution in [0, 0.1) is 20.8 Å². The van der Waals surface area contributed by atoms with Gasteiger partial charge in [0, 0.05) is 18.4 Å². The Balaban J connectivity index is 1.66. The van der Waals surface area contributed by atoms with E-state index >= 15 is 0 Å². The zero-order valence-electron chi connectivity index (χ0n) is 16.5. The Morgan fingerprint density at radius 3 is 2.46 bits per heavy atom. The number of aryl methyl sites for hydroxylation is 3. The maximum absolute atomic E-state index is 12.6. The molecule has 0 radical (unpaired) electrons. The summed E-state index contributed by atoms with van der Waals surface area (Å²) in [5, 5.41) is 6.11. The number of rotatable bonds is 6. The Morgan fingerprint density at radius 2 is 1.82 bits per heavy atom. The number of hydrogen-bond donors (Lipinski definition) is 2. The fourth-order valence-electron chi connectivity index (χ4n) is 2.84. The molecule has 0 fully saturated rings. The molecule has 0 bridgehead atoms. The molecule has 28 heavy (non-hydrogen) atoms. The molecule has 0 saturated carbocycles. The molecule has 3 aromatic rings. The Labute approximate surface area is 165 Å². The second kappa shape index (κ2) is 8.52. The highest BCUT2D eigenvalue weighted by molar-refractivity contribution is 6.05. The molecule has 2 aromatic carbocycles. The zero-order valence-corrected chi connectivity index (χ0v) is 16.5. The van der Waals surface area contributed by atoms with Crippen LogP contribution in [-0.4, -0.2) is 23.0 Å². The first kappa shape index (κ1) is 19.4. The van der Waals surface area contributed by atoms with Gasteiger partial charge in [-0.05, 0) is 50.1 Å². The molecule has 6 nitrogen and oxygen atoms in total. The van der Waals surface area contributed by atoms with E-state index in [1.54, 1.807) is 20.2 Å². The molecule has 1 aromatic heterocycles. The van der Waals surface area contributed by atoms with Crippen molar-refractivity contribution in [2.24, 2.45) is 0 Å². The van der Waals surface area contributed by atoms with Crippen LogP contribution >= 0.6 is 0 Å². The molecule has 6 heteroatoms. The van der Waals surface area contributed by atoms with Gasteiger partial charge in [0.1, 0.15) is 5.75 Å². The summed E-state index contributed by atoms with van der Waals surface area (Å²) in [5.74, 6) is 1.08. The average Bonchev–Trinajstić information content (AvgIpc) is 2.69. The van der Waals surface area contributed by atoms with Crippen molar-refractivity contribution in [3.63, 3.8) is 0 Å². The largest absolute Gasteiger partial charge is 0.497 e. The Kier molecular flexibility index (Phi) is 5.89. The first-order valence-corrected chi connectivity index (χ1v) is 9.05. The third kappa shape index (κ3) is 4.65. The second-order valence-electron chi connectivity index (χ2n) is 6.67. The predicted molar refractivity (Wildman–Crippen MR) is 111 cm³/mol. The fraction of sp³-hybridized carbons (Fsp3) is 0.227. The van der Waals surface area contributed by atoms with Crippen molar-refractivity contribution in [2.75, 3.05) is 17.7 Å². The molecule has 0 aliphatic carbocycles.